The molecule has 0 radical (unpaired) electrons. The van der Waals surface area contributed by atoms with Gasteiger partial charge in [0.25, 0.3) is 0 Å². The summed E-state index contributed by atoms with van der Waals surface area (Å²) in [7, 11) is -3.54. The summed E-state index contributed by atoms with van der Waals surface area (Å²) in [6.07, 6.45) is 1.73. The van der Waals surface area contributed by atoms with Crippen LogP contribution in [-0.4, -0.2) is 62.7 Å². The number of aliphatic hydroxyl groups excluding tert-OH is 1. The summed E-state index contributed by atoms with van der Waals surface area (Å²) in [6.45, 7) is 3.91. The molecule has 3 N–H and O–H groups in total. The van der Waals surface area contributed by atoms with Crippen LogP contribution in [0.4, 0.5) is 0 Å². The van der Waals surface area contributed by atoms with Crippen molar-refractivity contribution in [1.82, 2.24) is 14.9 Å². The van der Waals surface area contributed by atoms with E-state index in [0.717, 1.165) is 18.4 Å². The molecule has 3 rings (SSSR count). The monoisotopic (exact) mass is 381 g/mol. The van der Waals surface area contributed by atoms with E-state index in [9.17, 15) is 18.3 Å². The first kappa shape index (κ1) is 19.3. The van der Waals surface area contributed by atoms with Gasteiger partial charge in [-0.3, -0.25) is 4.79 Å². The van der Waals surface area contributed by atoms with E-state index in [-0.39, 0.29) is 22.8 Å². The topological polar surface area (TPSA) is 98.7 Å². The Bertz CT molecular complexity index is 735. The lowest BCUT2D eigenvalue weighted by Gasteiger charge is -2.34. The molecule has 2 fully saturated rings. The normalized spacial score (nSPS) is 26.8. The van der Waals surface area contributed by atoms with Crippen LogP contribution in [0.15, 0.2) is 29.2 Å². The second kappa shape index (κ2) is 8.04. The minimum atomic E-state index is -3.54. The number of likely N-dealkylation sites (tertiary alicyclic amines) is 1. The third-order valence-corrected chi connectivity index (χ3v) is 6.57. The molecule has 0 aliphatic carbocycles. The average Bonchev–Trinajstić information content (AvgIpc) is 3.06. The molecule has 2 heterocycles. The van der Waals surface area contributed by atoms with Gasteiger partial charge in [-0.05, 0) is 44.2 Å². The van der Waals surface area contributed by atoms with Crippen molar-refractivity contribution in [3.63, 3.8) is 0 Å². The zero-order valence-corrected chi connectivity index (χ0v) is 15.8. The SMILES string of the molecule is Cc1ccc(S(=O)(=O)NCC2CCCN(C(=O)C3CC(O)CN3)C2)cc1. The molecule has 0 aromatic heterocycles. The van der Waals surface area contributed by atoms with E-state index >= 15 is 0 Å². The largest absolute Gasteiger partial charge is 0.392 e. The van der Waals surface area contributed by atoms with Crippen LogP contribution in [0, 0.1) is 12.8 Å². The fourth-order valence-electron chi connectivity index (χ4n) is 3.59. The van der Waals surface area contributed by atoms with Crippen LogP contribution >= 0.6 is 0 Å². The zero-order chi connectivity index (χ0) is 18.7. The van der Waals surface area contributed by atoms with E-state index in [0.29, 0.717) is 32.6 Å². The Morgan fingerprint density at radius 1 is 1.35 bits per heavy atom. The van der Waals surface area contributed by atoms with Crippen LogP contribution in [-0.2, 0) is 14.8 Å². The molecule has 2 aliphatic heterocycles. The second-order valence-corrected chi connectivity index (χ2v) is 9.07. The van der Waals surface area contributed by atoms with Gasteiger partial charge in [-0.1, -0.05) is 17.7 Å². The van der Waals surface area contributed by atoms with Crippen molar-refractivity contribution in [3.8, 4) is 0 Å². The van der Waals surface area contributed by atoms with Crippen LogP contribution in [0.2, 0.25) is 0 Å². The highest BCUT2D eigenvalue weighted by Gasteiger charge is 2.33. The first-order valence-electron chi connectivity index (χ1n) is 9.12. The van der Waals surface area contributed by atoms with Crippen LogP contribution < -0.4 is 10.0 Å². The van der Waals surface area contributed by atoms with Crippen LogP contribution in [0.1, 0.15) is 24.8 Å². The quantitative estimate of drug-likeness (QED) is 0.678. The summed E-state index contributed by atoms with van der Waals surface area (Å²) in [6, 6.07) is 6.43. The lowest BCUT2D eigenvalue weighted by atomic mass is 9.97. The maximum absolute atomic E-state index is 12.6. The lowest BCUT2D eigenvalue weighted by molar-refractivity contribution is -0.135. The van der Waals surface area contributed by atoms with Gasteiger partial charge in [-0.15, -0.1) is 0 Å². The molecule has 144 valence electrons. The van der Waals surface area contributed by atoms with Crippen molar-refractivity contribution in [2.45, 2.75) is 43.2 Å². The Labute approximate surface area is 154 Å². The Morgan fingerprint density at radius 2 is 2.08 bits per heavy atom. The molecule has 26 heavy (non-hydrogen) atoms. The third kappa shape index (κ3) is 4.62. The van der Waals surface area contributed by atoms with Gasteiger partial charge >= 0.3 is 0 Å². The van der Waals surface area contributed by atoms with Gasteiger partial charge in [0.1, 0.15) is 0 Å². The number of sulfonamides is 1. The summed E-state index contributed by atoms with van der Waals surface area (Å²) in [4.78, 5) is 14.6. The molecule has 1 aromatic rings. The predicted molar refractivity (Wildman–Crippen MR) is 98.1 cm³/mol. The Morgan fingerprint density at radius 3 is 2.73 bits per heavy atom. The number of nitrogens with one attached hydrogen (secondary N) is 2. The fraction of sp³-hybridized carbons (Fsp3) is 0.611. The zero-order valence-electron chi connectivity index (χ0n) is 15.0. The maximum atomic E-state index is 12.6. The summed E-state index contributed by atoms with van der Waals surface area (Å²) in [5.74, 6) is 0.104. The summed E-state index contributed by atoms with van der Waals surface area (Å²) in [5, 5.41) is 12.6. The number of β-amino-alcohol motifs (C(OH)–C–C–N with tert-alkyl or cyclic N) is 1. The van der Waals surface area contributed by atoms with Gasteiger partial charge in [-0.25, -0.2) is 13.1 Å². The highest BCUT2D eigenvalue weighted by molar-refractivity contribution is 7.89. The summed E-state index contributed by atoms with van der Waals surface area (Å²) in [5.41, 5.74) is 1.01. The molecule has 2 saturated heterocycles. The highest BCUT2D eigenvalue weighted by Crippen LogP contribution is 2.20. The Hall–Kier alpha value is -1.48. The molecule has 1 amide bonds. The van der Waals surface area contributed by atoms with Crippen molar-refractivity contribution in [2.24, 2.45) is 5.92 Å². The van der Waals surface area contributed by atoms with Crippen molar-refractivity contribution in [2.75, 3.05) is 26.2 Å². The second-order valence-electron chi connectivity index (χ2n) is 7.31. The van der Waals surface area contributed by atoms with Gasteiger partial charge in [-0.2, -0.15) is 0 Å². The van der Waals surface area contributed by atoms with Crippen molar-refractivity contribution in [1.29, 1.82) is 0 Å². The number of piperidine rings is 1. The van der Waals surface area contributed by atoms with Gasteiger partial charge in [0.15, 0.2) is 0 Å². The van der Waals surface area contributed by atoms with Gasteiger partial charge in [0.2, 0.25) is 15.9 Å². The lowest BCUT2D eigenvalue weighted by Crippen LogP contribution is -2.49. The number of rotatable bonds is 5. The number of carbonyl (C=O) groups excluding carboxylic acids is 1. The van der Waals surface area contributed by atoms with Gasteiger partial charge in [0.05, 0.1) is 17.0 Å². The van der Waals surface area contributed by atoms with E-state index in [4.69, 9.17) is 0 Å². The standard InChI is InChI=1S/C18H27N3O4S/c1-13-4-6-16(7-5-13)26(24,25)20-10-14-3-2-8-21(12-14)18(23)17-9-15(22)11-19-17/h4-7,14-15,17,19-20,22H,2-3,8-12H2,1H3. The smallest absolute Gasteiger partial charge is 0.240 e. The van der Waals surface area contributed by atoms with Gasteiger partial charge in [0, 0.05) is 26.2 Å². The number of carbonyl (C=O) groups is 1. The molecule has 8 heteroatoms. The number of aryl methyl sites for hydroxylation is 1. The van der Waals surface area contributed by atoms with Crippen molar-refractivity contribution >= 4 is 15.9 Å². The summed E-state index contributed by atoms with van der Waals surface area (Å²) < 4.78 is 27.5. The van der Waals surface area contributed by atoms with E-state index in [1.165, 1.54) is 0 Å². The molecule has 3 atom stereocenters. The first-order valence-corrected chi connectivity index (χ1v) is 10.6. The van der Waals surface area contributed by atoms with Crippen LogP contribution in [0.25, 0.3) is 0 Å². The number of amides is 1. The minimum Gasteiger partial charge on any atom is -0.392 e. The van der Waals surface area contributed by atoms with Crippen LogP contribution in [0.5, 0.6) is 0 Å². The maximum Gasteiger partial charge on any atom is 0.240 e. The van der Waals surface area contributed by atoms with Crippen molar-refractivity contribution < 1.29 is 18.3 Å². The number of hydrogen-bond donors (Lipinski definition) is 3. The molecular weight excluding hydrogens is 354 g/mol. The van der Waals surface area contributed by atoms with Crippen LogP contribution in [0.3, 0.4) is 0 Å². The van der Waals surface area contributed by atoms with Crippen molar-refractivity contribution in [3.05, 3.63) is 29.8 Å². The third-order valence-electron chi connectivity index (χ3n) is 5.13. The number of benzene rings is 1. The first-order chi connectivity index (χ1) is 12.3. The molecule has 0 spiro atoms. The predicted octanol–water partition coefficient (Wildman–Crippen LogP) is 0.235. The number of nitrogens with zero attached hydrogens (tertiary/aromatic N) is 1. The average molecular weight is 381 g/mol. The number of hydrogen-bond acceptors (Lipinski definition) is 5. The van der Waals surface area contributed by atoms with E-state index in [1.807, 2.05) is 6.92 Å². The minimum absolute atomic E-state index is 0.00708. The Kier molecular flexibility index (Phi) is 5.96. The number of aliphatic hydroxyl groups is 1. The molecule has 2 aliphatic rings. The van der Waals surface area contributed by atoms with Gasteiger partial charge < -0.3 is 15.3 Å². The molecule has 1 aromatic carbocycles. The molecule has 0 saturated carbocycles. The molecular formula is C18H27N3O4S. The Balaban J connectivity index is 1.55. The summed E-state index contributed by atoms with van der Waals surface area (Å²) >= 11 is 0. The molecule has 0 bridgehead atoms. The van der Waals surface area contributed by atoms with E-state index < -0.39 is 16.1 Å². The molecule has 3 unspecified atom stereocenters. The molecule has 7 nitrogen and oxygen atoms in total. The highest BCUT2D eigenvalue weighted by atomic mass is 32.2. The van der Waals surface area contributed by atoms with E-state index in [2.05, 4.69) is 10.0 Å². The fourth-order valence-corrected chi connectivity index (χ4v) is 4.70. The van der Waals surface area contributed by atoms with E-state index in [1.54, 1.807) is 29.2 Å².